The molecule has 11 heteroatoms. The second-order valence-electron chi connectivity index (χ2n) is 6.13. The number of nitrogens with zero attached hydrogens (tertiary/aromatic N) is 5. The first-order valence-electron chi connectivity index (χ1n) is 7.80. The summed E-state index contributed by atoms with van der Waals surface area (Å²) in [6.07, 6.45) is -5.81. The molecule has 0 amide bonds. The second-order valence-corrected chi connectivity index (χ2v) is 8.22. The highest BCUT2D eigenvalue weighted by Gasteiger charge is 2.34. The third-order valence-corrected chi connectivity index (χ3v) is 5.72. The molecule has 1 fully saturated rings. The molecule has 0 atom stereocenters. The number of anilines is 2. The van der Waals surface area contributed by atoms with Crippen LogP contribution >= 0.6 is 0 Å². The van der Waals surface area contributed by atoms with Crippen LogP contribution in [0.4, 0.5) is 24.9 Å². The first-order chi connectivity index (χ1) is 11.5. The van der Waals surface area contributed by atoms with Gasteiger partial charge >= 0.3 is 6.18 Å². The Morgan fingerprint density at radius 2 is 1.76 bits per heavy atom. The monoisotopic (exact) mass is 381 g/mol. The van der Waals surface area contributed by atoms with Crippen LogP contribution < -0.4 is 9.80 Å². The fourth-order valence-corrected chi connectivity index (χ4v) is 3.91. The summed E-state index contributed by atoms with van der Waals surface area (Å²) >= 11 is 0. The van der Waals surface area contributed by atoms with Gasteiger partial charge in [-0.05, 0) is 6.92 Å². The number of aromatic nitrogens is 2. The molecule has 7 nitrogen and oxygen atoms in total. The van der Waals surface area contributed by atoms with Crippen molar-refractivity contribution < 1.29 is 21.6 Å². The maximum absolute atomic E-state index is 12.3. The Morgan fingerprint density at radius 3 is 2.28 bits per heavy atom. The van der Waals surface area contributed by atoms with E-state index in [9.17, 15) is 21.6 Å². The van der Waals surface area contributed by atoms with E-state index in [1.807, 2.05) is 36.9 Å². The highest BCUT2D eigenvalue weighted by atomic mass is 32.2. The van der Waals surface area contributed by atoms with Gasteiger partial charge in [0.2, 0.25) is 16.0 Å². The Balaban J connectivity index is 2.02. The Kier molecular flexibility index (Phi) is 5.77. The highest BCUT2D eigenvalue weighted by molar-refractivity contribution is 7.89. The second kappa shape index (κ2) is 7.32. The van der Waals surface area contributed by atoms with Crippen LogP contribution in [0.1, 0.15) is 12.1 Å². The maximum Gasteiger partial charge on any atom is 0.390 e. The van der Waals surface area contributed by atoms with Crippen molar-refractivity contribution in [3.05, 3.63) is 11.8 Å². The fourth-order valence-electron chi connectivity index (χ4n) is 2.45. The van der Waals surface area contributed by atoms with Gasteiger partial charge < -0.3 is 9.80 Å². The zero-order valence-corrected chi connectivity index (χ0v) is 15.2. The van der Waals surface area contributed by atoms with Crippen LogP contribution in [0, 0.1) is 6.92 Å². The molecule has 1 saturated heterocycles. The van der Waals surface area contributed by atoms with E-state index in [0.29, 0.717) is 19.0 Å². The lowest BCUT2D eigenvalue weighted by atomic mass is 10.3. The van der Waals surface area contributed by atoms with Crippen molar-refractivity contribution >= 4 is 21.8 Å². The first-order valence-corrected chi connectivity index (χ1v) is 9.41. The SMILES string of the molecule is Cc1cc(N(C)C)nc(N2CCN(S(=O)(=O)CCC(F)(F)F)CC2)n1. The number of sulfonamides is 1. The smallest absolute Gasteiger partial charge is 0.363 e. The Labute approximate surface area is 145 Å². The molecule has 1 aliphatic rings. The third kappa shape index (κ3) is 5.43. The largest absolute Gasteiger partial charge is 0.390 e. The minimum absolute atomic E-state index is 0.120. The number of piperazine rings is 1. The summed E-state index contributed by atoms with van der Waals surface area (Å²) in [6, 6.07) is 1.83. The van der Waals surface area contributed by atoms with Gasteiger partial charge in [-0.2, -0.15) is 22.5 Å². The summed E-state index contributed by atoms with van der Waals surface area (Å²) in [7, 11) is -0.199. The van der Waals surface area contributed by atoms with Gasteiger partial charge in [0.05, 0.1) is 12.2 Å². The minimum atomic E-state index is -4.48. The average Bonchev–Trinajstić information content (AvgIpc) is 2.52. The first kappa shape index (κ1) is 19.7. The molecular weight excluding hydrogens is 359 g/mol. The molecule has 0 aromatic carbocycles. The van der Waals surface area contributed by atoms with Gasteiger partial charge in [0.1, 0.15) is 5.82 Å². The van der Waals surface area contributed by atoms with Crippen LogP contribution in [0.5, 0.6) is 0 Å². The van der Waals surface area contributed by atoms with Crippen molar-refractivity contribution in [1.29, 1.82) is 0 Å². The van der Waals surface area contributed by atoms with Crippen LogP contribution in [-0.2, 0) is 10.0 Å². The van der Waals surface area contributed by atoms with Crippen LogP contribution in [-0.4, -0.2) is 74.9 Å². The van der Waals surface area contributed by atoms with Gasteiger partial charge in [0.15, 0.2) is 0 Å². The molecule has 0 unspecified atom stereocenters. The van der Waals surface area contributed by atoms with Gasteiger partial charge in [0.25, 0.3) is 0 Å². The van der Waals surface area contributed by atoms with Gasteiger partial charge in [-0.3, -0.25) is 0 Å². The fraction of sp³-hybridized carbons (Fsp3) is 0.714. The topological polar surface area (TPSA) is 69.6 Å². The molecular formula is C14H22F3N5O2S. The van der Waals surface area contributed by atoms with E-state index >= 15 is 0 Å². The predicted octanol–water partition coefficient (Wildman–Crippen LogP) is 1.26. The summed E-state index contributed by atoms with van der Waals surface area (Å²) in [5, 5.41) is 0. The quantitative estimate of drug-likeness (QED) is 0.765. The zero-order chi connectivity index (χ0) is 18.8. The number of hydrogen-bond donors (Lipinski definition) is 0. The van der Waals surface area contributed by atoms with Crippen molar-refractivity contribution in [2.24, 2.45) is 0 Å². The number of alkyl halides is 3. The van der Waals surface area contributed by atoms with E-state index < -0.39 is 28.4 Å². The van der Waals surface area contributed by atoms with E-state index in [0.717, 1.165) is 15.8 Å². The molecule has 0 spiro atoms. The molecule has 0 N–H and O–H groups in total. The Morgan fingerprint density at radius 1 is 1.16 bits per heavy atom. The van der Waals surface area contributed by atoms with E-state index in [1.54, 1.807) is 0 Å². The van der Waals surface area contributed by atoms with Crippen LogP contribution in [0.3, 0.4) is 0 Å². The Hall–Kier alpha value is -1.62. The molecule has 2 heterocycles. The van der Waals surface area contributed by atoms with Crippen molar-refractivity contribution in [2.75, 3.05) is 55.8 Å². The van der Waals surface area contributed by atoms with Gasteiger partial charge in [-0.15, -0.1) is 0 Å². The third-order valence-electron chi connectivity index (χ3n) is 3.85. The normalized spacial score (nSPS) is 17.0. The lowest BCUT2D eigenvalue weighted by Crippen LogP contribution is -2.50. The summed E-state index contributed by atoms with van der Waals surface area (Å²) in [5.74, 6) is 0.321. The molecule has 1 aliphatic heterocycles. The highest BCUT2D eigenvalue weighted by Crippen LogP contribution is 2.22. The number of rotatable bonds is 5. The minimum Gasteiger partial charge on any atom is -0.363 e. The van der Waals surface area contributed by atoms with Crippen LogP contribution in [0.2, 0.25) is 0 Å². The predicted molar refractivity (Wildman–Crippen MR) is 89.3 cm³/mol. The van der Waals surface area contributed by atoms with Crippen molar-refractivity contribution in [1.82, 2.24) is 14.3 Å². The van der Waals surface area contributed by atoms with E-state index in [2.05, 4.69) is 9.97 Å². The lowest BCUT2D eigenvalue weighted by molar-refractivity contribution is -0.130. The van der Waals surface area contributed by atoms with E-state index in [4.69, 9.17) is 0 Å². The van der Waals surface area contributed by atoms with Crippen LogP contribution in [0.15, 0.2) is 6.07 Å². The van der Waals surface area contributed by atoms with Crippen molar-refractivity contribution in [3.63, 3.8) is 0 Å². The summed E-state index contributed by atoms with van der Waals surface area (Å²) in [6.45, 7) is 2.75. The van der Waals surface area contributed by atoms with E-state index in [1.165, 1.54) is 0 Å². The molecule has 0 aliphatic carbocycles. The van der Waals surface area contributed by atoms with Crippen molar-refractivity contribution in [3.8, 4) is 0 Å². The molecule has 1 aromatic heterocycles. The molecule has 0 saturated carbocycles. The molecule has 0 bridgehead atoms. The zero-order valence-electron chi connectivity index (χ0n) is 14.4. The number of halogens is 3. The average molecular weight is 381 g/mol. The van der Waals surface area contributed by atoms with Gasteiger partial charge in [-0.25, -0.2) is 13.4 Å². The van der Waals surface area contributed by atoms with Gasteiger partial charge in [-0.1, -0.05) is 0 Å². The number of aryl methyl sites for hydroxylation is 1. The van der Waals surface area contributed by atoms with Crippen molar-refractivity contribution in [2.45, 2.75) is 19.5 Å². The van der Waals surface area contributed by atoms with Crippen LogP contribution in [0.25, 0.3) is 0 Å². The van der Waals surface area contributed by atoms with Gasteiger partial charge in [0, 0.05) is 52.0 Å². The lowest BCUT2D eigenvalue weighted by Gasteiger charge is -2.34. The summed E-state index contributed by atoms with van der Waals surface area (Å²) in [5.41, 5.74) is 0.786. The molecule has 142 valence electrons. The Bertz CT molecular complexity index is 701. The maximum atomic E-state index is 12.3. The van der Waals surface area contributed by atoms with E-state index in [-0.39, 0.29) is 13.1 Å². The molecule has 25 heavy (non-hydrogen) atoms. The summed E-state index contributed by atoms with van der Waals surface area (Å²) < 4.78 is 62.0. The molecule has 0 radical (unpaired) electrons. The number of hydrogen-bond acceptors (Lipinski definition) is 6. The molecule has 1 aromatic rings. The standard InChI is InChI=1S/C14H22F3N5O2S/c1-11-10-12(20(2)3)19-13(18-11)21-5-7-22(8-6-21)25(23,24)9-4-14(15,16)17/h10H,4-9H2,1-3H3. The summed E-state index contributed by atoms with van der Waals surface area (Å²) in [4.78, 5) is 12.5. The molecule has 2 rings (SSSR count).